The molecule has 0 aliphatic rings. The summed E-state index contributed by atoms with van der Waals surface area (Å²) in [4.78, 5) is 1.14. The van der Waals surface area contributed by atoms with Gasteiger partial charge in [0.25, 0.3) is 0 Å². The van der Waals surface area contributed by atoms with Gasteiger partial charge < -0.3 is 18.1 Å². The van der Waals surface area contributed by atoms with E-state index < -0.39 is 0 Å². The highest BCUT2D eigenvalue weighted by Crippen LogP contribution is 2.32. The minimum Gasteiger partial charge on any atom is -1.00 e. The SMILES string of the molecule is CC([NH3+])Cc1scc(Cl)c1Cl.[Cl-]. The summed E-state index contributed by atoms with van der Waals surface area (Å²) < 4.78 is 0. The standard InChI is InChI=1S/C7H9Cl2NS.ClH/c1-4(10)2-6-7(9)5(8)3-11-6;/h3-4H,2,10H2,1H3;1H. The summed E-state index contributed by atoms with van der Waals surface area (Å²) in [6, 6.07) is 0.391. The predicted octanol–water partition coefficient (Wildman–Crippen LogP) is -0.768. The van der Waals surface area contributed by atoms with Gasteiger partial charge in [0.2, 0.25) is 0 Å². The third-order valence-electron chi connectivity index (χ3n) is 1.29. The number of halogens is 3. The summed E-state index contributed by atoms with van der Waals surface area (Å²) >= 11 is 13.3. The summed E-state index contributed by atoms with van der Waals surface area (Å²) in [5.74, 6) is 0. The Balaban J connectivity index is 0.00000121. The maximum absolute atomic E-state index is 5.90. The fourth-order valence-corrected chi connectivity index (χ4v) is 2.41. The zero-order valence-electron chi connectivity index (χ0n) is 6.61. The Kier molecular flexibility index (Phi) is 5.53. The summed E-state index contributed by atoms with van der Waals surface area (Å²) in [5, 5.41) is 3.22. The molecule has 0 amide bonds. The molecule has 0 radical (unpaired) electrons. The second-order valence-electron chi connectivity index (χ2n) is 2.63. The molecule has 1 aromatic rings. The first kappa shape index (κ1) is 12.5. The number of hydrogen-bond acceptors (Lipinski definition) is 1. The van der Waals surface area contributed by atoms with Gasteiger partial charge in [-0.2, -0.15) is 0 Å². The van der Waals surface area contributed by atoms with Crippen molar-refractivity contribution in [2.45, 2.75) is 19.4 Å². The van der Waals surface area contributed by atoms with E-state index in [2.05, 4.69) is 12.7 Å². The first-order valence-electron chi connectivity index (χ1n) is 3.35. The molecule has 0 saturated heterocycles. The molecule has 0 bridgehead atoms. The van der Waals surface area contributed by atoms with E-state index in [-0.39, 0.29) is 12.4 Å². The van der Waals surface area contributed by atoms with Crippen molar-refractivity contribution in [1.29, 1.82) is 0 Å². The maximum atomic E-state index is 5.90. The first-order valence-corrected chi connectivity index (χ1v) is 4.99. The molecule has 3 N–H and O–H groups in total. The number of thiophene rings is 1. The highest BCUT2D eigenvalue weighted by molar-refractivity contribution is 7.11. The van der Waals surface area contributed by atoms with E-state index in [4.69, 9.17) is 23.2 Å². The van der Waals surface area contributed by atoms with Gasteiger partial charge in [-0.1, -0.05) is 23.2 Å². The van der Waals surface area contributed by atoms with E-state index in [0.717, 1.165) is 11.3 Å². The van der Waals surface area contributed by atoms with Crippen LogP contribution in [0.15, 0.2) is 5.38 Å². The molecular weight excluding hydrogens is 237 g/mol. The highest BCUT2D eigenvalue weighted by atomic mass is 35.5. The van der Waals surface area contributed by atoms with Crippen molar-refractivity contribution >= 4 is 34.5 Å². The van der Waals surface area contributed by atoms with Crippen LogP contribution >= 0.6 is 34.5 Å². The largest absolute Gasteiger partial charge is 1.00 e. The summed E-state index contributed by atoms with van der Waals surface area (Å²) in [6.45, 7) is 2.06. The molecule has 1 rings (SSSR count). The smallest absolute Gasteiger partial charge is 0.0864 e. The van der Waals surface area contributed by atoms with E-state index in [1.54, 1.807) is 11.3 Å². The first-order chi connectivity index (χ1) is 5.11. The molecule has 0 fully saturated rings. The minimum atomic E-state index is 0. The Morgan fingerprint density at radius 2 is 2.17 bits per heavy atom. The van der Waals surface area contributed by atoms with Crippen molar-refractivity contribution in [2.75, 3.05) is 0 Å². The number of hydrogen-bond donors (Lipinski definition) is 1. The van der Waals surface area contributed by atoms with E-state index in [1.165, 1.54) is 0 Å². The topological polar surface area (TPSA) is 27.6 Å². The lowest BCUT2D eigenvalue weighted by Crippen LogP contribution is -3.00. The van der Waals surface area contributed by atoms with Gasteiger partial charge in [0, 0.05) is 16.7 Å². The average Bonchev–Trinajstić information content (AvgIpc) is 2.18. The maximum Gasteiger partial charge on any atom is 0.0864 e. The van der Waals surface area contributed by atoms with E-state index >= 15 is 0 Å². The van der Waals surface area contributed by atoms with Gasteiger partial charge in [-0.25, -0.2) is 0 Å². The van der Waals surface area contributed by atoms with Crippen molar-refractivity contribution in [3.05, 3.63) is 20.3 Å². The van der Waals surface area contributed by atoms with Gasteiger partial charge >= 0.3 is 0 Å². The quantitative estimate of drug-likeness (QED) is 0.710. The minimum absolute atomic E-state index is 0. The Hall–Kier alpha value is 0.530. The molecule has 1 aromatic heterocycles. The summed E-state index contributed by atoms with van der Waals surface area (Å²) in [7, 11) is 0. The summed E-state index contributed by atoms with van der Waals surface area (Å²) in [6.07, 6.45) is 0.913. The van der Waals surface area contributed by atoms with E-state index in [0.29, 0.717) is 16.1 Å². The Morgan fingerprint density at radius 3 is 2.50 bits per heavy atom. The molecule has 1 unspecified atom stereocenters. The third-order valence-corrected chi connectivity index (χ3v) is 3.37. The molecule has 12 heavy (non-hydrogen) atoms. The van der Waals surface area contributed by atoms with Crippen LogP contribution in [0, 0.1) is 0 Å². The van der Waals surface area contributed by atoms with Crippen LogP contribution in [0.1, 0.15) is 11.8 Å². The van der Waals surface area contributed by atoms with Crippen LogP contribution < -0.4 is 18.1 Å². The lowest BCUT2D eigenvalue weighted by molar-refractivity contribution is -0.413. The molecule has 0 aliphatic carbocycles. The zero-order chi connectivity index (χ0) is 8.43. The third kappa shape index (κ3) is 3.11. The van der Waals surface area contributed by atoms with Gasteiger partial charge in [0.1, 0.15) is 0 Å². The van der Waals surface area contributed by atoms with Crippen molar-refractivity contribution in [2.24, 2.45) is 0 Å². The number of rotatable bonds is 2. The van der Waals surface area contributed by atoms with Gasteiger partial charge in [0.05, 0.1) is 16.1 Å². The normalized spacial score (nSPS) is 12.3. The molecule has 1 heterocycles. The molecular formula is C7H10Cl3NS. The second kappa shape index (κ2) is 5.30. The van der Waals surface area contributed by atoms with Gasteiger partial charge in [-0.3, -0.25) is 0 Å². The molecule has 0 aromatic carbocycles. The average molecular weight is 247 g/mol. The lowest BCUT2D eigenvalue weighted by Gasteiger charge is -1.98. The van der Waals surface area contributed by atoms with Crippen molar-refractivity contribution in [1.82, 2.24) is 0 Å². The van der Waals surface area contributed by atoms with Crippen LogP contribution in [-0.4, -0.2) is 6.04 Å². The fraction of sp³-hybridized carbons (Fsp3) is 0.429. The molecule has 70 valence electrons. The van der Waals surface area contributed by atoms with Crippen molar-refractivity contribution in [3.63, 3.8) is 0 Å². The second-order valence-corrected chi connectivity index (χ2v) is 4.38. The molecule has 0 spiro atoms. The Labute approximate surface area is 92.3 Å². The molecule has 1 nitrogen and oxygen atoms in total. The van der Waals surface area contributed by atoms with Crippen LogP contribution in [0.2, 0.25) is 10.0 Å². The zero-order valence-corrected chi connectivity index (χ0v) is 9.70. The molecule has 0 aliphatic heterocycles. The van der Waals surface area contributed by atoms with Gasteiger partial charge in [-0.15, -0.1) is 11.3 Å². The van der Waals surface area contributed by atoms with Crippen LogP contribution in [0.3, 0.4) is 0 Å². The van der Waals surface area contributed by atoms with Crippen molar-refractivity contribution < 1.29 is 18.1 Å². The van der Waals surface area contributed by atoms with Crippen molar-refractivity contribution in [3.8, 4) is 0 Å². The van der Waals surface area contributed by atoms with Gasteiger partial charge in [-0.05, 0) is 6.92 Å². The fourth-order valence-electron chi connectivity index (χ4n) is 0.814. The van der Waals surface area contributed by atoms with Gasteiger partial charge in [0.15, 0.2) is 0 Å². The summed E-state index contributed by atoms with van der Waals surface area (Å²) in [5.41, 5.74) is 3.89. The predicted molar refractivity (Wildman–Crippen MR) is 50.4 cm³/mol. The van der Waals surface area contributed by atoms with Crippen LogP contribution in [0.4, 0.5) is 0 Å². The number of quaternary nitrogens is 1. The van der Waals surface area contributed by atoms with Crippen LogP contribution in [0.25, 0.3) is 0 Å². The van der Waals surface area contributed by atoms with Crippen LogP contribution in [0.5, 0.6) is 0 Å². The Bertz CT molecular complexity index is 247. The monoisotopic (exact) mass is 245 g/mol. The molecule has 1 atom stereocenters. The lowest BCUT2D eigenvalue weighted by atomic mass is 10.2. The van der Waals surface area contributed by atoms with E-state index in [9.17, 15) is 0 Å². The molecule has 5 heteroatoms. The van der Waals surface area contributed by atoms with Crippen LogP contribution in [-0.2, 0) is 6.42 Å². The molecule has 0 saturated carbocycles. The highest BCUT2D eigenvalue weighted by Gasteiger charge is 2.10. The van der Waals surface area contributed by atoms with E-state index in [1.807, 2.05) is 5.38 Å². The Morgan fingerprint density at radius 1 is 1.58 bits per heavy atom.